The van der Waals surface area contributed by atoms with Crippen molar-refractivity contribution >= 4 is 10.0 Å². The van der Waals surface area contributed by atoms with Crippen molar-refractivity contribution in [2.24, 2.45) is 0 Å². The van der Waals surface area contributed by atoms with Crippen LogP contribution in [0.1, 0.15) is 24.3 Å². The molecule has 5 nitrogen and oxygen atoms in total. The van der Waals surface area contributed by atoms with Crippen LogP contribution in [0.5, 0.6) is 5.75 Å². The van der Waals surface area contributed by atoms with E-state index in [2.05, 4.69) is 5.32 Å². The molecule has 1 N–H and O–H groups in total. The lowest BCUT2D eigenvalue weighted by molar-refractivity contribution is 0.130. The van der Waals surface area contributed by atoms with E-state index in [4.69, 9.17) is 4.74 Å². The van der Waals surface area contributed by atoms with E-state index in [1.807, 2.05) is 0 Å². The maximum absolute atomic E-state index is 14.2. The van der Waals surface area contributed by atoms with E-state index in [-0.39, 0.29) is 17.8 Å². The number of rotatable bonds is 4. The number of piperidine rings is 1. The molecule has 0 spiro atoms. The largest absolute Gasteiger partial charge is 0.482 e. The third-order valence-electron chi connectivity index (χ3n) is 4.44. The maximum atomic E-state index is 14.2. The van der Waals surface area contributed by atoms with E-state index in [0.29, 0.717) is 44.6 Å². The highest BCUT2D eigenvalue weighted by atomic mass is 32.2. The van der Waals surface area contributed by atoms with Gasteiger partial charge in [0.2, 0.25) is 10.0 Å². The smallest absolute Gasteiger partial charge is 0.211 e. The summed E-state index contributed by atoms with van der Waals surface area (Å²) in [5, 5.41) is 2.98. The zero-order valence-electron chi connectivity index (χ0n) is 12.9. The summed E-state index contributed by atoms with van der Waals surface area (Å²) in [6.07, 6.45) is 2.09. The van der Waals surface area contributed by atoms with Gasteiger partial charge >= 0.3 is 0 Å². The van der Waals surface area contributed by atoms with Crippen LogP contribution in [0.25, 0.3) is 0 Å². The summed E-state index contributed by atoms with van der Waals surface area (Å²) in [7, 11) is -3.21. The lowest BCUT2D eigenvalue weighted by Gasteiger charge is -2.31. The maximum Gasteiger partial charge on any atom is 0.211 e. The second-order valence-electron chi connectivity index (χ2n) is 6.15. The second-order valence-corrected chi connectivity index (χ2v) is 8.13. The van der Waals surface area contributed by atoms with Gasteiger partial charge in [0.1, 0.15) is 6.10 Å². The number of benzene rings is 1. The molecule has 23 heavy (non-hydrogen) atoms. The van der Waals surface area contributed by atoms with Crippen LogP contribution in [-0.2, 0) is 10.0 Å². The summed E-state index contributed by atoms with van der Waals surface area (Å²) in [4.78, 5) is 0. The lowest BCUT2D eigenvalue weighted by atomic mass is 9.90. The molecule has 0 aromatic heterocycles. The predicted octanol–water partition coefficient (Wildman–Crippen LogP) is 1.45. The second kappa shape index (κ2) is 6.33. The molecule has 0 aliphatic carbocycles. The van der Waals surface area contributed by atoms with Crippen molar-refractivity contribution in [3.8, 4) is 5.75 Å². The highest BCUT2D eigenvalue weighted by Crippen LogP contribution is 2.33. The highest BCUT2D eigenvalue weighted by molar-refractivity contribution is 7.88. The first kappa shape index (κ1) is 16.6. The summed E-state index contributed by atoms with van der Waals surface area (Å²) < 4.78 is 58.0. The number of nitrogens with one attached hydrogen (secondary N) is 1. The van der Waals surface area contributed by atoms with Crippen LogP contribution in [0.3, 0.4) is 0 Å². The minimum Gasteiger partial charge on any atom is -0.482 e. The molecule has 0 radical (unpaired) electrons. The Morgan fingerprint density at radius 1 is 1.17 bits per heavy atom. The zero-order chi connectivity index (χ0) is 16.6. The fourth-order valence-electron chi connectivity index (χ4n) is 2.96. The standard InChI is InChI=1S/C15H20F2N2O3S/c1-23(20,21)19-4-2-10(3-5-19)11-6-13(16)15(14(17)7-11)22-12-8-18-9-12/h6-7,10,12,18H,2-5,8-9H2,1H3. The Kier molecular flexibility index (Phi) is 4.57. The van der Waals surface area contributed by atoms with Crippen molar-refractivity contribution in [3.05, 3.63) is 29.3 Å². The van der Waals surface area contributed by atoms with Gasteiger partial charge in [0, 0.05) is 26.2 Å². The minimum absolute atomic E-state index is 0.0450. The molecule has 2 saturated heterocycles. The molecule has 8 heteroatoms. The van der Waals surface area contributed by atoms with Crippen molar-refractivity contribution in [1.29, 1.82) is 0 Å². The SMILES string of the molecule is CS(=O)(=O)N1CCC(c2cc(F)c(OC3CNC3)c(F)c2)CC1. The molecule has 3 rings (SSSR count). The Morgan fingerprint density at radius 3 is 2.17 bits per heavy atom. The predicted molar refractivity (Wildman–Crippen MR) is 82.0 cm³/mol. The van der Waals surface area contributed by atoms with Gasteiger partial charge in [-0.1, -0.05) is 0 Å². The molecule has 1 aromatic carbocycles. The van der Waals surface area contributed by atoms with Crippen LogP contribution in [0, 0.1) is 11.6 Å². The Hall–Kier alpha value is -1.25. The highest BCUT2D eigenvalue weighted by Gasteiger charge is 2.28. The molecule has 2 fully saturated rings. The molecule has 2 aliphatic heterocycles. The molecule has 0 unspecified atom stereocenters. The molecule has 128 valence electrons. The number of nitrogens with zero attached hydrogens (tertiary/aromatic N) is 1. The first-order valence-corrected chi connectivity index (χ1v) is 9.51. The van der Waals surface area contributed by atoms with E-state index < -0.39 is 21.7 Å². The Bertz CT molecular complexity index is 661. The Labute approximate surface area is 134 Å². The number of ether oxygens (including phenoxy) is 1. The van der Waals surface area contributed by atoms with Gasteiger partial charge in [-0.2, -0.15) is 0 Å². The third kappa shape index (κ3) is 3.64. The number of hydrogen-bond donors (Lipinski definition) is 1. The van der Waals surface area contributed by atoms with Crippen molar-refractivity contribution in [1.82, 2.24) is 9.62 Å². The molecule has 0 atom stereocenters. The monoisotopic (exact) mass is 346 g/mol. The van der Waals surface area contributed by atoms with E-state index in [0.717, 1.165) is 0 Å². The van der Waals surface area contributed by atoms with Crippen molar-refractivity contribution < 1.29 is 21.9 Å². The summed E-state index contributed by atoms with van der Waals surface area (Å²) in [6, 6.07) is 2.62. The normalized spacial score (nSPS) is 21.2. The van der Waals surface area contributed by atoms with Crippen molar-refractivity contribution in [2.45, 2.75) is 24.9 Å². The summed E-state index contributed by atoms with van der Waals surface area (Å²) >= 11 is 0. The number of halogens is 2. The molecular formula is C15H20F2N2O3S. The van der Waals surface area contributed by atoms with Crippen LogP contribution in [0.4, 0.5) is 8.78 Å². The Balaban J connectivity index is 1.71. The molecule has 2 aliphatic rings. The average molecular weight is 346 g/mol. The van der Waals surface area contributed by atoms with Crippen molar-refractivity contribution in [2.75, 3.05) is 32.4 Å². The van der Waals surface area contributed by atoms with Gasteiger partial charge in [0.15, 0.2) is 17.4 Å². The molecule has 1 aromatic rings. The van der Waals surface area contributed by atoms with Crippen LogP contribution in [-0.4, -0.2) is 51.3 Å². The van der Waals surface area contributed by atoms with Gasteiger partial charge in [-0.15, -0.1) is 0 Å². The third-order valence-corrected chi connectivity index (χ3v) is 5.75. The van der Waals surface area contributed by atoms with E-state index in [9.17, 15) is 17.2 Å². The average Bonchev–Trinajstić information content (AvgIpc) is 2.43. The fourth-order valence-corrected chi connectivity index (χ4v) is 3.83. The van der Waals surface area contributed by atoms with Gasteiger partial charge in [-0.3, -0.25) is 0 Å². The fraction of sp³-hybridized carbons (Fsp3) is 0.600. The van der Waals surface area contributed by atoms with Crippen LogP contribution in [0.2, 0.25) is 0 Å². The molecule has 2 heterocycles. The molecule has 0 saturated carbocycles. The molecular weight excluding hydrogens is 326 g/mol. The topological polar surface area (TPSA) is 58.6 Å². The first-order chi connectivity index (χ1) is 10.8. The quantitative estimate of drug-likeness (QED) is 0.897. The lowest BCUT2D eigenvalue weighted by Crippen LogP contribution is -2.50. The number of hydrogen-bond acceptors (Lipinski definition) is 4. The van der Waals surface area contributed by atoms with Crippen LogP contribution >= 0.6 is 0 Å². The molecule has 0 bridgehead atoms. The van der Waals surface area contributed by atoms with Gasteiger partial charge in [-0.05, 0) is 36.5 Å². The zero-order valence-corrected chi connectivity index (χ0v) is 13.7. The summed E-state index contributed by atoms with van der Waals surface area (Å²) in [5.74, 6) is -1.76. The summed E-state index contributed by atoms with van der Waals surface area (Å²) in [5.41, 5.74) is 0.562. The molecule has 0 amide bonds. The van der Waals surface area contributed by atoms with Gasteiger partial charge in [0.05, 0.1) is 6.26 Å². The van der Waals surface area contributed by atoms with Crippen LogP contribution in [0.15, 0.2) is 12.1 Å². The summed E-state index contributed by atoms with van der Waals surface area (Å²) in [6.45, 7) is 1.92. The van der Waals surface area contributed by atoms with E-state index in [1.54, 1.807) is 0 Å². The van der Waals surface area contributed by atoms with Gasteiger partial charge < -0.3 is 10.1 Å². The minimum atomic E-state index is -3.21. The van der Waals surface area contributed by atoms with Gasteiger partial charge in [0.25, 0.3) is 0 Å². The van der Waals surface area contributed by atoms with Gasteiger partial charge in [-0.25, -0.2) is 21.5 Å². The number of sulfonamides is 1. The van der Waals surface area contributed by atoms with E-state index in [1.165, 1.54) is 22.7 Å². The van der Waals surface area contributed by atoms with Crippen LogP contribution < -0.4 is 10.1 Å². The van der Waals surface area contributed by atoms with E-state index >= 15 is 0 Å². The Morgan fingerprint density at radius 2 is 1.74 bits per heavy atom. The first-order valence-electron chi connectivity index (χ1n) is 7.66. The van der Waals surface area contributed by atoms with Crippen molar-refractivity contribution in [3.63, 3.8) is 0 Å².